The second-order valence-corrected chi connectivity index (χ2v) is 10.1. The summed E-state index contributed by atoms with van der Waals surface area (Å²) in [5.41, 5.74) is 6.01. The zero-order chi connectivity index (χ0) is 25.5. The van der Waals surface area contributed by atoms with Crippen molar-refractivity contribution in [1.82, 2.24) is 24.9 Å². The van der Waals surface area contributed by atoms with E-state index < -0.39 is 0 Å². The van der Waals surface area contributed by atoms with Crippen molar-refractivity contribution in [3.8, 4) is 45.2 Å². The number of halogens is 1. The lowest BCUT2D eigenvalue weighted by molar-refractivity contribution is 1.07. The second-order valence-electron chi connectivity index (χ2n) is 8.76. The van der Waals surface area contributed by atoms with E-state index in [0.717, 1.165) is 43.4 Å². The molecule has 3 aromatic heterocycles. The van der Waals surface area contributed by atoms with Crippen molar-refractivity contribution in [2.75, 3.05) is 0 Å². The number of rotatable bonds is 4. The van der Waals surface area contributed by atoms with E-state index in [2.05, 4.69) is 68.5 Å². The quantitative estimate of drug-likeness (QED) is 0.230. The van der Waals surface area contributed by atoms with Crippen LogP contribution in [0.25, 0.3) is 65.3 Å². The highest BCUT2D eigenvalue weighted by Gasteiger charge is 2.19. The molecule has 0 aliphatic rings. The van der Waals surface area contributed by atoms with Crippen LogP contribution in [-0.2, 0) is 0 Å². The van der Waals surface area contributed by atoms with Gasteiger partial charge in [0.1, 0.15) is 6.33 Å². The number of nitrogens with zero attached hydrogens (tertiary/aromatic N) is 5. The average molecular weight is 528 g/mol. The summed E-state index contributed by atoms with van der Waals surface area (Å²) in [7, 11) is 0. The Balaban J connectivity index is 1.51. The number of benzene rings is 4. The molecule has 0 bridgehead atoms. The Hall–Kier alpha value is -4.52. The topological polar surface area (TPSA) is 64.5 Å². The van der Waals surface area contributed by atoms with Gasteiger partial charge >= 0.3 is 0 Å². The molecule has 7 heteroatoms. The highest BCUT2D eigenvalue weighted by Crippen LogP contribution is 2.45. The van der Waals surface area contributed by atoms with E-state index in [1.807, 2.05) is 48.5 Å². The molecule has 3 heterocycles. The van der Waals surface area contributed by atoms with Gasteiger partial charge in [-0.1, -0.05) is 72.8 Å². The van der Waals surface area contributed by atoms with E-state index >= 15 is 0 Å². The van der Waals surface area contributed by atoms with Crippen molar-refractivity contribution in [2.45, 2.75) is 0 Å². The van der Waals surface area contributed by atoms with Crippen molar-refractivity contribution in [3.63, 3.8) is 0 Å². The van der Waals surface area contributed by atoms with Crippen LogP contribution in [0.5, 0.6) is 0 Å². The Labute approximate surface area is 227 Å². The number of aromatic nitrogens is 5. The highest BCUT2D eigenvalue weighted by molar-refractivity contribution is 7.26. The summed E-state index contributed by atoms with van der Waals surface area (Å²) < 4.78 is 2.24. The van der Waals surface area contributed by atoms with Crippen LogP contribution in [0.2, 0.25) is 5.28 Å². The number of thiophene rings is 1. The average Bonchev–Trinajstić information content (AvgIpc) is 3.37. The van der Waals surface area contributed by atoms with E-state index in [1.54, 1.807) is 23.9 Å². The zero-order valence-corrected chi connectivity index (χ0v) is 21.5. The molecule has 180 valence electrons. The number of hydrogen-bond donors (Lipinski definition) is 0. The smallest absolute Gasteiger partial charge is 0.226 e. The van der Waals surface area contributed by atoms with Crippen LogP contribution in [0.1, 0.15) is 0 Å². The third kappa shape index (κ3) is 4.00. The minimum atomic E-state index is 0.161. The van der Waals surface area contributed by atoms with Gasteiger partial charge in [0, 0.05) is 43.1 Å². The van der Waals surface area contributed by atoms with Gasteiger partial charge in [-0.15, -0.1) is 11.3 Å². The van der Waals surface area contributed by atoms with E-state index in [-0.39, 0.29) is 5.28 Å². The third-order valence-corrected chi connectivity index (χ3v) is 7.84. The zero-order valence-electron chi connectivity index (χ0n) is 19.9. The summed E-state index contributed by atoms with van der Waals surface area (Å²) in [6.45, 7) is 0. The molecule has 7 rings (SSSR count). The van der Waals surface area contributed by atoms with Crippen LogP contribution >= 0.6 is 22.9 Å². The minimum Gasteiger partial charge on any atom is -0.245 e. The van der Waals surface area contributed by atoms with E-state index in [1.165, 1.54) is 10.3 Å². The summed E-state index contributed by atoms with van der Waals surface area (Å²) >= 11 is 8.14. The van der Waals surface area contributed by atoms with Crippen LogP contribution in [0, 0.1) is 0 Å². The molecule has 0 unspecified atom stereocenters. The largest absolute Gasteiger partial charge is 0.245 e. The molecule has 38 heavy (non-hydrogen) atoms. The van der Waals surface area contributed by atoms with Crippen molar-refractivity contribution in [1.29, 1.82) is 0 Å². The van der Waals surface area contributed by atoms with Gasteiger partial charge in [0.15, 0.2) is 11.6 Å². The van der Waals surface area contributed by atoms with Gasteiger partial charge in [-0.3, -0.25) is 0 Å². The Kier molecular flexibility index (Phi) is 5.61. The Morgan fingerprint density at radius 3 is 2.13 bits per heavy atom. The van der Waals surface area contributed by atoms with E-state index in [4.69, 9.17) is 16.6 Å². The predicted molar refractivity (Wildman–Crippen MR) is 155 cm³/mol. The summed E-state index contributed by atoms with van der Waals surface area (Å²) in [6, 6.07) is 32.9. The summed E-state index contributed by atoms with van der Waals surface area (Å²) in [6.07, 6.45) is 3.35. The SMILES string of the molecule is Clc1nc(-c2ccccc2)nc(-c2ccc(-c3ccncn3)c3c2sc2ccc(-c4ccccc4)cc23)n1. The normalized spacial score (nSPS) is 11.3. The molecule has 0 radical (unpaired) electrons. The number of fused-ring (bicyclic) bond motifs is 3. The first kappa shape index (κ1) is 22.7. The molecule has 5 nitrogen and oxygen atoms in total. The predicted octanol–water partition coefficient (Wildman–Crippen LogP) is 8.35. The maximum atomic E-state index is 6.42. The van der Waals surface area contributed by atoms with Crippen LogP contribution < -0.4 is 0 Å². The van der Waals surface area contributed by atoms with Crippen LogP contribution in [0.4, 0.5) is 0 Å². The van der Waals surface area contributed by atoms with Crippen molar-refractivity contribution in [3.05, 3.63) is 115 Å². The molecule has 0 atom stereocenters. The molecule has 0 spiro atoms. The Morgan fingerprint density at radius 2 is 1.37 bits per heavy atom. The molecular formula is C31H18ClN5S. The van der Waals surface area contributed by atoms with Gasteiger partial charge < -0.3 is 0 Å². The van der Waals surface area contributed by atoms with Crippen LogP contribution in [-0.4, -0.2) is 24.9 Å². The maximum Gasteiger partial charge on any atom is 0.226 e. The minimum absolute atomic E-state index is 0.161. The van der Waals surface area contributed by atoms with Crippen molar-refractivity contribution < 1.29 is 0 Å². The fraction of sp³-hybridized carbons (Fsp3) is 0. The lowest BCUT2D eigenvalue weighted by Gasteiger charge is -2.09. The van der Waals surface area contributed by atoms with E-state index in [0.29, 0.717) is 11.6 Å². The van der Waals surface area contributed by atoms with Gasteiger partial charge in [0.25, 0.3) is 0 Å². The number of hydrogen-bond acceptors (Lipinski definition) is 6. The molecule has 0 saturated heterocycles. The van der Waals surface area contributed by atoms with Crippen molar-refractivity contribution in [2.24, 2.45) is 0 Å². The molecule has 0 saturated carbocycles. The summed E-state index contributed by atoms with van der Waals surface area (Å²) in [4.78, 5) is 22.5. The van der Waals surface area contributed by atoms with Gasteiger partial charge in [0.05, 0.1) is 5.69 Å². The molecule has 0 N–H and O–H groups in total. The maximum absolute atomic E-state index is 6.42. The van der Waals surface area contributed by atoms with Gasteiger partial charge in [-0.25, -0.2) is 15.0 Å². The second kappa shape index (κ2) is 9.41. The monoisotopic (exact) mass is 527 g/mol. The molecule has 0 aliphatic carbocycles. The Morgan fingerprint density at radius 1 is 0.632 bits per heavy atom. The fourth-order valence-electron chi connectivity index (χ4n) is 4.72. The first-order valence-corrected chi connectivity index (χ1v) is 13.2. The first-order chi connectivity index (χ1) is 18.7. The van der Waals surface area contributed by atoms with Gasteiger partial charge in [-0.2, -0.15) is 9.97 Å². The van der Waals surface area contributed by atoms with Crippen molar-refractivity contribution >= 4 is 43.1 Å². The van der Waals surface area contributed by atoms with Crippen LogP contribution in [0.15, 0.2) is 110 Å². The summed E-state index contributed by atoms with van der Waals surface area (Å²) in [5.74, 6) is 1.08. The lowest BCUT2D eigenvalue weighted by Crippen LogP contribution is -1.97. The van der Waals surface area contributed by atoms with Gasteiger partial charge in [-0.05, 0) is 47.0 Å². The highest BCUT2D eigenvalue weighted by atomic mass is 35.5. The molecular weight excluding hydrogens is 510 g/mol. The van der Waals surface area contributed by atoms with E-state index in [9.17, 15) is 0 Å². The molecule has 0 amide bonds. The Bertz CT molecular complexity index is 1920. The third-order valence-electron chi connectivity index (χ3n) is 6.46. The lowest BCUT2D eigenvalue weighted by atomic mass is 9.98. The van der Waals surface area contributed by atoms with Crippen LogP contribution in [0.3, 0.4) is 0 Å². The summed E-state index contributed by atoms with van der Waals surface area (Å²) in [5, 5.41) is 2.43. The van der Waals surface area contributed by atoms with Gasteiger partial charge in [0.2, 0.25) is 5.28 Å². The molecule has 0 fully saturated rings. The standard InChI is InChI=1S/C31H18ClN5S/c32-31-36-29(20-9-5-2-6-10-20)35-30(37-31)23-13-12-22(25-15-16-33-18-34-25)27-24-17-21(19-7-3-1-4-8-19)11-14-26(24)38-28(23)27/h1-18H. The molecule has 0 aliphatic heterocycles. The fourth-order valence-corrected chi connectivity index (χ4v) is 6.10. The molecule has 4 aromatic carbocycles. The first-order valence-electron chi connectivity index (χ1n) is 12.0. The molecule has 7 aromatic rings.